The Kier molecular flexibility index (Phi) is 4.23. The molecule has 0 atom stereocenters. The molecule has 2 aromatic carbocycles. The van der Waals surface area contributed by atoms with Gasteiger partial charge in [-0.1, -0.05) is 18.2 Å². The van der Waals surface area contributed by atoms with Gasteiger partial charge in [0.05, 0.1) is 0 Å². The molecule has 0 bridgehead atoms. The summed E-state index contributed by atoms with van der Waals surface area (Å²) in [6, 6.07) is 8.78. The predicted octanol–water partition coefficient (Wildman–Crippen LogP) is 2.40. The van der Waals surface area contributed by atoms with Gasteiger partial charge in [0.15, 0.2) is 0 Å². The summed E-state index contributed by atoms with van der Waals surface area (Å²) in [7, 11) is 0. The number of carbonyl (C=O) groups excluding carboxylic acids is 1. The van der Waals surface area contributed by atoms with Crippen LogP contribution in [-0.2, 0) is 11.3 Å². The minimum Gasteiger partial charge on any atom is -0.319 e. The number of amides is 1. The van der Waals surface area contributed by atoms with Crippen LogP contribution in [0.25, 0.3) is 11.4 Å². The number of nitrogens with zero attached hydrogens (tertiary/aromatic N) is 4. The molecule has 0 unspecified atom stereocenters. The third-order valence-electron chi connectivity index (χ3n) is 3.05. The molecule has 3 aromatic rings. The average molecular weight is 333 g/mol. The lowest BCUT2D eigenvalue weighted by molar-refractivity contribution is -0.117. The van der Waals surface area contributed by atoms with Crippen molar-refractivity contribution >= 4 is 11.6 Å². The molecule has 122 valence electrons. The number of halogens is 3. The van der Waals surface area contributed by atoms with Gasteiger partial charge in [0.25, 0.3) is 0 Å². The minimum atomic E-state index is -0.893. The summed E-state index contributed by atoms with van der Waals surface area (Å²) in [6.07, 6.45) is 0. The van der Waals surface area contributed by atoms with Gasteiger partial charge in [-0.3, -0.25) is 4.79 Å². The van der Waals surface area contributed by atoms with E-state index in [2.05, 4.69) is 20.7 Å². The summed E-state index contributed by atoms with van der Waals surface area (Å²) >= 11 is 0. The zero-order valence-electron chi connectivity index (χ0n) is 12.1. The maximum Gasteiger partial charge on any atom is 0.248 e. The molecule has 3 rings (SSSR count). The fourth-order valence-corrected chi connectivity index (χ4v) is 1.98. The lowest BCUT2D eigenvalue weighted by Crippen LogP contribution is -2.21. The van der Waals surface area contributed by atoms with Crippen LogP contribution in [-0.4, -0.2) is 26.1 Å². The normalized spacial score (nSPS) is 10.6. The molecule has 0 radical (unpaired) electrons. The van der Waals surface area contributed by atoms with Gasteiger partial charge >= 0.3 is 0 Å². The molecule has 9 heteroatoms. The quantitative estimate of drug-likeness (QED) is 0.796. The molecule has 6 nitrogen and oxygen atoms in total. The number of para-hydroxylation sites is 1. The Morgan fingerprint density at radius 1 is 1.08 bits per heavy atom. The largest absolute Gasteiger partial charge is 0.319 e. The van der Waals surface area contributed by atoms with Crippen molar-refractivity contribution in [3.63, 3.8) is 0 Å². The van der Waals surface area contributed by atoms with E-state index >= 15 is 0 Å². The highest BCUT2D eigenvalue weighted by Crippen LogP contribution is 2.18. The first-order chi connectivity index (χ1) is 11.5. The number of tetrazole rings is 1. The summed E-state index contributed by atoms with van der Waals surface area (Å²) in [5, 5.41) is 13.4. The summed E-state index contributed by atoms with van der Waals surface area (Å²) in [6.45, 7) is -0.407. The second kappa shape index (κ2) is 6.49. The SMILES string of the molecule is O=C(Cn1nnc(-c2cccc(F)c2)n1)Nc1c(F)cccc1F. The van der Waals surface area contributed by atoms with Crippen LogP contribution in [0.1, 0.15) is 0 Å². The number of rotatable bonds is 4. The highest BCUT2D eigenvalue weighted by molar-refractivity contribution is 5.90. The highest BCUT2D eigenvalue weighted by atomic mass is 19.1. The first kappa shape index (κ1) is 15.7. The average Bonchev–Trinajstić information content (AvgIpc) is 2.99. The predicted molar refractivity (Wildman–Crippen MR) is 78.2 cm³/mol. The monoisotopic (exact) mass is 333 g/mol. The van der Waals surface area contributed by atoms with E-state index in [1.165, 1.54) is 24.3 Å². The summed E-state index contributed by atoms with van der Waals surface area (Å²) in [5.74, 6) is -2.86. The molecule has 0 saturated heterocycles. The minimum absolute atomic E-state index is 0.124. The van der Waals surface area contributed by atoms with Crippen molar-refractivity contribution in [3.05, 3.63) is 59.9 Å². The standard InChI is InChI=1S/C15H10F3N5O/c16-10-4-1-3-9(7-10)15-20-22-23(21-15)8-13(24)19-14-11(17)5-2-6-12(14)18/h1-7H,8H2,(H,19,24). The van der Waals surface area contributed by atoms with Gasteiger partial charge in [-0.25, -0.2) is 13.2 Å². The number of nitrogens with one attached hydrogen (secondary N) is 1. The molecule has 0 fully saturated rings. The molecule has 1 amide bonds. The summed E-state index contributed by atoms with van der Waals surface area (Å²) < 4.78 is 40.1. The van der Waals surface area contributed by atoms with Gasteiger partial charge in [0.1, 0.15) is 29.7 Å². The van der Waals surface area contributed by atoms with E-state index in [0.29, 0.717) is 5.56 Å². The molecule has 1 heterocycles. The van der Waals surface area contributed by atoms with E-state index in [-0.39, 0.29) is 5.82 Å². The third kappa shape index (κ3) is 3.40. The molecule has 0 spiro atoms. The fraction of sp³-hybridized carbons (Fsp3) is 0.0667. The van der Waals surface area contributed by atoms with Gasteiger partial charge in [-0.2, -0.15) is 4.80 Å². The molecule has 1 N–H and O–H groups in total. The van der Waals surface area contributed by atoms with E-state index in [0.717, 1.165) is 16.9 Å². The number of anilines is 1. The first-order valence-electron chi connectivity index (χ1n) is 6.80. The Hall–Kier alpha value is -3.23. The second-order valence-electron chi connectivity index (χ2n) is 4.80. The van der Waals surface area contributed by atoms with E-state index in [4.69, 9.17) is 0 Å². The van der Waals surface area contributed by atoms with Gasteiger partial charge in [-0.05, 0) is 29.5 Å². The van der Waals surface area contributed by atoms with Crippen LogP contribution in [0.5, 0.6) is 0 Å². The van der Waals surface area contributed by atoms with Crippen molar-refractivity contribution in [2.45, 2.75) is 6.54 Å². The summed E-state index contributed by atoms with van der Waals surface area (Å²) in [5.41, 5.74) is -0.158. The molecule has 0 aliphatic rings. The zero-order chi connectivity index (χ0) is 17.1. The van der Waals surface area contributed by atoms with Gasteiger partial charge < -0.3 is 5.32 Å². The molecule has 0 aliphatic heterocycles. The van der Waals surface area contributed by atoms with Crippen molar-refractivity contribution < 1.29 is 18.0 Å². The second-order valence-corrected chi connectivity index (χ2v) is 4.80. The maximum atomic E-state index is 13.5. The Balaban J connectivity index is 1.72. The van der Waals surface area contributed by atoms with Gasteiger partial charge in [-0.15, -0.1) is 10.2 Å². The number of carbonyl (C=O) groups is 1. The van der Waals surface area contributed by atoms with Crippen molar-refractivity contribution in [2.24, 2.45) is 0 Å². The molecule has 0 aliphatic carbocycles. The molecule has 24 heavy (non-hydrogen) atoms. The van der Waals surface area contributed by atoms with Gasteiger partial charge in [0.2, 0.25) is 11.7 Å². The highest BCUT2D eigenvalue weighted by Gasteiger charge is 2.14. The van der Waals surface area contributed by atoms with Crippen LogP contribution in [0.3, 0.4) is 0 Å². The Bertz CT molecular complexity index is 876. The molecule has 0 saturated carbocycles. The Labute approximate surface area is 133 Å². The third-order valence-corrected chi connectivity index (χ3v) is 3.05. The van der Waals surface area contributed by atoms with Gasteiger partial charge in [0, 0.05) is 5.56 Å². The van der Waals surface area contributed by atoms with Crippen molar-refractivity contribution in [1.29, 1.82) is 0 Å². The number of hydrogen-bond acceptors (Lipinski definition) is 4. The maximum absolute atomic E-state index is 13.5. The Morgan fingerprint density at radius 3 is 2.50 bits per heavy atom. The van der Waals surface area contributed by atoms with Crippen LogP contribution in [0.15, 0.2) is 42.5 Å². The van der Waals surface area contributed by atoms with Crippen LogP contribution < -0.4 is 5.32 Å². The first-order valence-corrected chi connectivity index (χ1v) is 6.80. The Morgan fingerprint density at radius 2 is 1.79 bits per heavy atom. The van der Waals surface area contributed by atoms with Crippen LogP contribution in [0, 0.1) is 17.5 Å². The number of aromatic nitrogens is 4. The van der Waals surface area contributed by atoms with Crippen LogP contribution in [0.4, 0.5) is 18.9 Å². The van der Waals surface area contributed by atoms with E-state index in [1.807, 2.05) is 0 Å². The van der Waals surface area contributed by atoms with E-state index < -0.39 is 35.6 Å². The number of hydrogen-bond donors (Lipinski definition) is 1. The fourth-order valence-electron chi connectivity index (χ4n) is 1.98. The smallest absolute Gasteiger partial charge is 0.248 e. The summed E-state index contributed by atoms with van der Waals surface area (Å²) in [4.78, 5) is 12.8. The molecular formula is C15H10F3N5O. The van der Waals surface area contributed by atoms with Crippen molar-refractivity contribution in [3.8, 4) is 11.4 Å². The van der Waals surface area contributed by atoms with Crippen molar-refractivity contribution in [2.75, 3.05) is 5.32 Å². The lowest BCUT2D eigenvalue weighted by atomic mass is 10.2. The zero-order valence-corrected chi connectivity index (χ0v) is 12.1. The van der Waals surface area contributed by atoms with E-state index in [9.17, 15) is 18.0 Å². The number of benzene rings is 2. The molecular weight excluding hydrogens is 323 g/mol. The molecule has 1 aromatic heterocycles. The lowest BCUT2D eigenvalue weighted by Gasteiger charge is -2.06. The van der Waals surface area contributed by atoms with Crippen LogP contribution in [0.2, 0.25) is 0 Å². The van der Waals surface area contributed by atoms with Crippen molar-refractivity contribution in [1.82, 2.24) is 20.2 Å². The van der Waals surface area contributed by atoms with Crippen LogP contribution >= 0.6 is 0 Å². The topological polar surface area (TPSA) is 72.7 Å². The van der Waals surface area contributed by atoms with E-state index in [1.54, 1.807) is 6.07 Å².